The van der Waals surface area contributed by atoms with E-state index in [0.717, 1.165) is 18.6 Å². The summed E-state index contributed by atoms with van der Waals surface area (Å²) in [7, 11) is 1.71. The van der Waals surface area contributed by atoms with E-state index in [1.165, 1.54) is 30.4 Å². The second kappa shape index (κ2) is 5.67. The van der Waals surface area contributed by atoms with Gasteiger partial charge in [0.25, 0.3) is 0 Å². The van der Waals surface area contributed by atoms with Gasteiger partial charge >= 0.3 is 0 Å². The summed E-state index contributed by atoms with van der Waals surface area (Å²) in [5.41, 5.74) is 2.94. The number of ether oxygens (including phenoxy) is 1. The first kappa shape index (κ1) is 14.4. The van der Waals surface area contributed by atoms with Gasteiger partial charge in [0, 0.05) is 12.3 Å². The standard InChI is InChI=1S/C19H24O2/c1-3-4-9-19-10-7-14-12-16(21-2)5-6-17(14)18(19)13-15(20)8-11-19/h5-6,8,11-12,18H,3-4,7,9-10,13H2,1-2H3/t18-,19+/m1/s1. The number of carbonyl (C=O) groups excluding carboxylic acids is 1. The molecule has 2 heteroatoms. The van der Waals surface area contributed by atoms with Crippen LogP contribution >= 0.6 is 0 Å². The zero-order chi connectivity index (χ0) is 14.9. The van der Waals surface area contributed by atoms with Gasteiger partial charge in [0.1, 0.15) is 5.75 Å². The van der Waals surface area contributed by atoms with Crippen LogP contribution in [0.4, 0.5) is 0 Å². The molecule has 2 atom stereocenters. The molecule has 0 radical (unpaired) electrons. The number of methoxy groups -OCH3 is 1. The molecule has 0 bridgehead atoms. The summed E-state index contributed by atoms with van der Waals surface area (Å²) in [4.78, 5) is 12.0. The van der Waals surface area contributed by atoms with Crippen LogP contribution in [0.25, 0.3) is 0 Å². The lowest BCUT2D eigenvalue weighted by molar-refractivity contribution is -0.116. The van der Waals surface area contributed by atoms with E-state index in [4.69, 9.17) is 4.74 Å². The molecular formula is C19H24O2. The number of fused-ring (bicyclic) bond motifs is 3. The Labute approximate surface area is 127 Å². The van der Waals surface area contributed by atoms with E-state index in [2.05, 4.69) is 25.1 Å². The Kier molecular flexibility index (Phi) is 3.88. The van der Waals surface area contributed by atoms with Crippen molar-refractivity contribution in [3.8, 4) is 5.75 Å². The second-order valence-corrected chi connectivity index (χ2v) is 6.46. The van der Waals surface area contributed by atoms with Crippen LogP contribution in [0.5, 0.6) is 5.75 Å². The molecule has 1 aromatic carbocycles. The highest BCUT2D eigenvalue weighted by Crippen LogP contribution is 2.53. The number of allylic oxidation sites excluding steroid dienone is 2. The van der Waals surface area contributed by atoms with Gasteiger partial charge in [-0.25, -0.2) is 0 Å². The van der Waals surface area contributed by atoms with Crippen molar-refractivity contribution in [2.24, 2.45) is 5.41 Å². The van der Waals surface area contributed by atoms with E-state index in [1.807, 2.05) is 12.1 Å². The van der Waals surface area contributed by atoms with Crippen LogP contribution < -0.4 is 4.74 Å². The fourth-order valence-corrected chi connectivity index (χ4v) is 4.05. The number of hydrogen-bond acceptors (Lipinski definition) is 2. The highest BCUT2D eigenvalue weighted by atomic mass is 16.5. The van der Waals surface area contributed by atoms with E-state index in [0.29, 0.717) is 12.3 Å². The van der Waals surface area contributed by atoms with Gasteiger partial charge in [-0.3, -0.25) is 4.79 Å². The molecule has 3 rings (SSSR count). The van der Waals surface area contributed by atoms with Crippen molar-refractivity contribution in [3.05, 3.63) is 41.5 Å². The Morgan fingerprint density at radius 2 is 2.24 bits per heavy atom. The van der Waals surface area contributed by atoms with Crippen molar-refractivity contribution in [1.29, 1.82) is 0 Å². The predicted octanol–water partition coefficient (Wildman–Crippen LogP) is 4.43. The lowest BCUT2D eigenvalue weighted by Gasteiger charge is -2.45. The minimum absolute atomic E-state index is 0.200. The molecule has 1 aromatic rings. The second-order valence-electron chi connectivity index (χ2n) is 6.46. The summed E-state index contributed by atoms with van der Waals surface area (Å²) in [6.45, 7) is 2.24. The molecule has 0 unspecified atom stereocenters. The minimum atomic E-state index is 0.200. The van der Waals surface area contributed by atoms with E-state index < -0.39 is 0 Å². The Bertz CT molecular complexity index is 573. The summed E-state index contributed by atoms with van der Waals surface area (Å²) in [6.07, 6.45) is 10.6. The van der Waals surface area contributed by atoms with Crippen molar-refractivity contribution in [2.45, 2.75) is 51.4 Å². The molecule has 0 fully saturated rings. The largest absolute Gasteiger partial charge is 0.497 e. The van der Waals surface area contributed by atoms with Crippen LogP contribution in [0.15, 0.2) is 30.4 Å². The van der Waals surface area contributed by atoms with Gasteiger partial charge in [-0.15, -0.1) is 0 Å². The molecule has 2 aliphatic rings. The maximum atomic E-state index is 12.0. The molecule has 0 aromatic heterocycles. The highest BCUT2D eigenvalue weighted by Gasteiger charge is 2.43. The Morgan fingerprint density at radius 1 is 1.38 bits per heavy atom. The van der Waals surface area contributed by atoms with Gasteiger partial charge in [0.2, 0.25) is 0 Å². The molecule has 0 saturated carbocycles. The Morgan fingerprint density at radius 3 is 3.00 bits per heavy atom. The van der Waals surface area contributed by atoms with Gasteiger partial charge in [0.05, 0.1) is 7.11 Å². The van der Waals surface area contributed by atoms with E-state index >= 15 is 0 Å². The van der Waals surface area contributed by atoms with Crippen LogP contribution in [0.1, 0.15) is 56.1 Å². The number of aryl methyl sites for hydroxylation is 1. The summed E-state index contributed by atoms with van der Waals surface area (Å²) in [5.74, 6) is 1.56. The Balaban J connectivity index is 2.01. The first-order chi connectivity index (χ1) is 10.2. The minimum Gasteiger partial charge on any atom is -0.497 e. The van der Waals surface area contributed by atoms with Crippen LogP contribution in [0, 0.1) is 5.41 Å². The smallest absolute Gasteiger partial charge is 0.156 e. The number of unbranched alkanes of at least 4 members (excludes halogenated alkanes) is 1. The van der Waals surface area contributed by atoms with Gasteiger partial charge in [-0.2, -0.15) is 0 Å². The number of benzene rings is 1. The summed E-state index contributed by atoms with van der Waals surface area (Å²) >= 11 is 0. The first-order valence-corrected chi connectivity index (χ1v) is 8.07. The average molecular weight is 284 g/mol. The van der Waals surface area contributed by atoms with Crippen molar-refractivity contribution in [1.82, 2.24) is 0 Å². The van der Waals surface area contributed by atoms with E-state index in [-0.39, 0.29) is 11.2 Å². The molecular weight excluding hydrogens is 260 g/mol. The molecule has 21 heavy (non-hydrogen) atoms. The lowest BCUT2D eigenvalue weighted by Crippen LogP contribution is -2.36. The van der Waals surface area contributed by atoms with Gasteiger partial charge in [-0.05, 0) is 54.0 Å². The number of ketones is 1. The van der Waals surface area contributed by atoms with Crippen molar-refractivity contribution in [2.75, 3.05) is 7.11 Å². The van der Waals surface area contributed by atoms with Crippen LogP contribution in [-0.2, 0) is 11.2 Å². The van der Waals surface area contributed by atoms with Crippen molar-refractivity contribution >= 4 is 5.78 Å². The molecule has 0 N–H and O–H groups in total. The predicted molar refractivity (Wildman–Crippen MR) is 84.8 cm³/mol. The van der Waals surface area contributed by atoms with E-state index in [1.54, 1.807) is 7.11 Å². The third kappa shape index (κ3) is 2.52. The zero-order valence-corrected chi connectivity index (χ0v) is 13.0. The maximum Gasteiger partial charge on any atom is 0.156 e. The molecule has 2 nitrogen and oxygen atoms in total. The molecule has 0 saturated heterocycles. The van der Waals surface area contributed by atoms with Crippen LogP contribution in [0.3, 0.4) is 0 Å². The summed E-state index contributed by atoms with van der Waals surface area (Å²) in [6, 6.07) is 6.38. The fraction of sp³-hybridized carbons (Fsp3) is 0.526. The van der Waals surface area contributed by atoms with Crippen molar-refractivity contribution < 1.29 is 9.53 Å². The third-order valence-electron chi connectivity index (χ3n) is 5.28. The van der Waals surface area contributed by atoms with Gasteiger partial charge in [0.15, 0.2) is 5.78 Å². The quantitative estimate of drug-likeness (QED) is 0.817. The fourth-order valence-electron chi connectivity index (χ4n) is 4.05. The highest BCUT2D eigenvalue weighted by molar-refractivity contribution is 5.91. The molecule has 2 aliphatic carbocycles. The maximum absolute atomic E-state index is 12.0. The van der Waals surface area contributed by atoms with Crippen LogP contribution in [0.2, 0.25) is 0 Å². The lowest BCUT2D eigenvalue weighted by atomic mass is 9.58. The molecule has 112 valence electrons. The van der Waals surface area contributed by atoms with E-state index in [9.17, 15) is 4.79 Å². The molecule has 0 aliphatic heterocycles. The topological polar surface area (TPSA) is 26.3 Å². The number of hydrogen-bond donors (Lipinski definition) is 0. The summed E-state index contributed by atoms with van der Waals surface area (Å²) < 4.78 is 5.35. The van der Waals surface area contributed by atoms with Gasteiger partial charge in [-0.1, -0.05) is 31.9 Å². The molecule has 0 spiro atoms. The molecule has 0 amide bonds. The van der Waals surface area contributed by atoms with Crippen molar-refractivity contribution in [3.63, 3.8) is 0 Å². The number of rotatable bonds is 4. The molecule has 0 heterocycles. The summed E-state index contributed by atoms with van der Waals surface area (Å²) in [5, 5.41) is 0. The average Bonchev–Trinajstić information content (AvgIpc) is 2.53. The SMILES string of the molecule is CCCC[C@]12C=CC(=O)C[C@@H]1c1ccc(OC)cc1CC2. The third-order valence-corrected chi connectivity index (χ3v) is 5.28. The normalized spacial score (nSPS) is 27.1. The zero-order valence-electron chi connectivity index (χ0n) is 13.0. The number of carbonyl (C=O) groups is 1. The van der Waals surface area contributed by atoms with Gasteiger partial charge < -0.3 is 4.74 Å². The van der Waals surface area contributed by atoms with Crippen LogP contribution in [-0.4, -0.2) is 12.9 Å². The first-order valence-electron chi connectivity index (χ1n) is 8.07. The monoisotopic (exact) mass is 284 g/mol. The Hall–Kier alpha value is -1.57.